The number of amides is 2. The van der Waals surface area contributed by atoms with E-state index >= 15 is 0 Å². The summed E-state index contributed by atoms with van der Waals surface area (Å²) in [7, 11) is 1.67. The van der Waals surface area contributed by atoms with E-state index in [4.69, 9.17) is 37.9 Å². The van der Waals surface area contributed by atoms with Crippen LogP contribution in [0.15, 0.2) is 48.5 Å². The Balaban J connectivity index is 1.51. The second-order valence-electron chi connectivity index (χ2n) is 13.2. The Morgan fingerprint density at radius 3 is 1.60 bits per heavy atom. The highest BCUT2D eigenvalue weighted by molar-refractivity contribution is 6.32. The van der Waals surface area contributed by atoms with Crippen molar-refractivity contribution in [3.8, 4) is 33.6 Å². The quantitative estimate of drug-likeness (QED) is 0.113. The van der Waals surface area contributed by atoms with Crippen LogP contribution in [0, 0.1) is 5.92 Å². The van der Waals surface area contributed by atoms with Gasteiger partial charge in [0.15, 0.2) is 0 Å². The zero-order chi connectivity index (χ0) is 36.5. The minimum absolute atomic E-state index is 0.0865. The van der Waals surface area contributed by atoms with Gasteiger partial charge in [0.2, 0.25) is 11.8 Å². The number of nitrogens with one attached hydrogen (secondary N) is 2. The number of nitrogens with zero attached hydrogens (tertiary/aromatic N) is 4. The first kappa shape index (κ1) is 39.1. The molecule has 2 N–H and O–H groups in total. The largest absolute Gasteiger partial charge is 0.384 e. The Hall–Kier alpha value is -3.66. The molecule has 2 heterocycles. The van der Waals surface area contributed by atoms with E-state index in [1.807, 2.05) is 86.0 Å². The van der Waals surface area contributed by atoms with E-state index in [-0.39, 0.29) is 35.9 Å². The number of carbonyl (C=O) groups is 2. The van der Waals surface area contributed by atoms with Crippen molar-refractivity contribution in [2.75, 3.05) is 20.3 Å². The van der Waals surface area contributed by atoms with Gasteiger partial charge in [0, 0.05) is 43.7 Å². The third-order valence-electron chi connectivity index (χ3n) is 9.24. The van der Waals surface area contributed by atoms with E-state index in [1.165, 1.54) is 0 Å². The van der Waals surface area contributed by atoms with E-state index in [2.05, 4.69) is 30.7 Å². The van der Waals surface area contributed by atoms with Gasteiger partial charge in [-0.05, 0) is 57.1 Å². The molecule has 0 radical (unpaired) electrons. The van der Waals surface area contributed by atoms with Crippen LogP contribution < -0.4 is 0 Å². The fourth-order valence-electron chi connectivity index (χ4n) is 6.33. The summed E-state index contributed by atoms with van der Waals surface area (Å²) in [6, 6.07) is 15.8. The molecule has 0 bridgehead atoms. The lowest BCUT2D eigenvalue weighted by Gasteiger charge is -2.33. The molecule has 2 aromatic carbocycles. The molecule has 4 aromatic rings. The number of methoxy groups -OCH3 is 1. The van der Waals surface area contributed by atoms with Crippen LogP contribution in [0.4, 0.5) is 0 Å². The zero-order valence-corrected chi connectivity index (χ0v) is 32.2. The molecule has 11 heteroatoms. The number of aromatic nitrogens is 4. The predicted molar refractivity (Wildman–Crippen MR) is 203 cm³/mol. The highest BCUT2D eigenvalue weighted by atomic mass is 35.5. The number of hydrogen-bond acceptors (Lipinski definition) is 5. The highest BCUT2D eigenvalue weighted by Crippen LogP contribution is 2.34. The smallest absolute Gasteiger partial charge is 0.223 e. The van der Waals surface area contributed by atoms with E-state index < -0.39 is 0 Å². The normalized spacial score (nSPS) is 13.9. The summed E-state index contributed by atoms with van der Waals surface area (Å²) in [6.07, 6.45) is 3.40. The highest BCUT2D eigenvalue weighted by Gasteiger charge is 2.29. The molecule has 4 rings (SSSR count). The van der Waals surface area contributed by atoms with E-state index in [9.17, 15) is 9.59 Å². The number of ether oxygens (including phenoxy) is 1. The van der Waals surface area contributed by atoms with Crippen LogP contribution in [-0.4, -0.2) is 67.9 Å². The molecule has 270 valence electrons. The fraction of sp³-hybridized carbons (Fsp3) is 0.487. The molecule has 2 aromatic heterocycles. The van der Waals surface area contributed by atoms with Crippen LogP contribution in [0.3, 0.4) is 0 Å². The van der Waals surface area contributed by atoms with Crippen molar-refractivity contribution in [2.45, 2.75) is 98.7 Å². The van der Waals surface area contributed by atoms with Crippen molar-refractivity contribution in [3.05, 3.63) is 70.5 Å². The minimum atomic E-state index is -0.276. The van der Waals surface area contributed by atoms with Gasteiger partial charge in [-0.3, -0.25) is 9.59 Å². The van der Waals surface area contributed by atoms with E-state index in [0.717, 1.165) is 41.5 Å². The van der Waals surface area contributed by atoms with Crippen molar-refractivity contribution in [1.29, 1.82) is 0 Å². The molecule has 9 nitrogen and oxygen atoms in total. The summed E-state index contributed by atoms with van der Waals surface area (Å²) in [5, 5.41) is 0.881. The lowest BCUT2D eigenvalue weighted by Crippen LogP contribution is -2.40. The number of H-pyrrole nitrogens is 2. The molecular formula is C39H52Cl2N6O3. The average Bonchev–Trinajstić information content (AvgIpc) is 3.69. The van der Waals surface area contributed by atoms with Gasteiger partial charge in [-0.2, -0.15) is 0 Å². The third kappa shape index (κ3) is 9.16. The van der Waals surface area contributed by atoms with Crippen molar-refractivity contribution in [2.24, 2.45) is 5.92 Å². The lowest BCUT2D eigenvalue weighted by atomic mass is 10.0. The monoisotopic (exact) mass is 722 g/mol. The first-order valence-corrected chi connectivity index (χ1v) is 18.5. The number of imidazole rings is 2. The van der Waals surface area contributed by atoms with Gasteiger partial charge in [-0.1, -0.05) is 99.4 Å². The molecule has 0 aliphatic rings. The zero-order valence-electron chi connectivity index (χ0n) is 30.6. The van der Waals surface area contributed by atoms with Crippen molar-refractivity contribution >= 4 is 35.0 Å². The number of carbonyl (C=O) groups excluding carboxylic acids is 2. The molecule has 0 unspecified atom stereocenters. The van der Waals surface area contributed by atoms with Crippen LogP contribution in [0.25, 0.3) is 33.6 Å². The minimum Gasteiger partial charge on any atom is -0.384 e. The van der Waals surface area contributed by atoms with Crippen LogP contribution in [0.1, 0.15) is 104 Å². The topological polar surface area (TPSA) is 107 Å². The summed E-state index contributed by atoms with van der Waals surface area (Å²) >= 11 is 13.3. The number of hydrogen-bond donors (Lipinski definition) is 2. The van der Waals surface area contributed by atoms with Gasteiger partial charge in [-0.25, -0.2) is 9.97 Å². The van der Waals surface area contributed by atoms with Gasteiger partial charge in [0.05, 0.1) is 18.7 Å². The first-order chi connectivity index (χ1) is 23.9. The summed E-state index contributed by atoms with van der Waals surface area (Å²) in [5.41, 5.74) is 5.12. The van der Waals surface area contributed by atoms with Crippen LogP contribution >= 0.6 is 23.2 Å². The van der Waals surface area contributed by atoms with Gasteiger partial charge < -0.3 is 24.5 Å². The van der Waals surface area contributed by atoms with Crippen LogP contribution in [0.2, 0.25) is 10.3 Å². The summed E-state index contributed by atoms with van der Waals surface area (Å²) < 4.78 is 5.32. The maximum atomic E-state index is 13.1. The van der Waals surface area contributed by atoms with Gasteiger partial charge in [0.25, 0.3) is 0 Å². The second kappa shape index (κ2) is 18.0. The molecule has 0 fully saturated rings. The van der Waals surface area contributed by atoms with E-state index in [1.54, 1.807) is 7.11 Å². The molecule has 0 saturated heterocycles. The van der Waals surface area contributed by atoms with Crippen LogP contribution in [-0.2, 0) is 14.3 Å². The summed E-state index contributed by atoms with van der Waals surface area (Å²) in [6.45, 7) is 15.4. The number of halogens is 2. The number of aromatic amines is 2. The molecular weight excluding hydrogens is 671 g/mol. The maximum absolute atomic E-state index is 13.1. The molecule has 0 saturated carbocycles. The van der Waals surface area contributed by atoms with Gasteiger partial charge in [-0.15, -0.1) is 0 Å². The molecule has 0 aliphatic heterocycles. The van der Waals surface area contributed by atoms with Crippen molar-refractivity contribution < 1.29 is 14.3 Å². The Morgan fingerprint density at radius 2 is 1.16 bits per heavy atom. The standard InChI is InChI=1S/C39H52Cl2N6O3/c1-9-12-32(48)46(22-24(4)23-50-8)26(6)38-42-34(36(40)44-38)30-18-14-28(15-19-30)29-16-20-31(21-17-29)35-37(41)45-39(43-35)27(7)47(25(5)11-3)33(49)13-10-2/h14-21,24-27H,9-13,22-23H2,1-8H3,(H,42,44)(H,43,45)/t24-,25-,26-,27-/m0/s1. The van der Waals surface area contributed by atoms with Crippen molar-refractivity contribution in [3.63, 3.8) is 0 Å². The molecule has 50 heavy (non-hydrogen) atoms. The first-order valence-electron chi connectivity index (χ1n) is 17.7. The van der Waals surface area contributed by atoms with Gasteiger partial charge in [0.1, 0.15) is 33.3 Å². The Bertz CT molecular complexity index is 1700. The average molecular weight is 724 g/mol. The van der Waals surface area contributed by atoms with Crippen LogP contribution in [0.5, 0.6) is 0 Å². The fourth-order valence-corrected chi connectivity index (χ4v) is 6.82. The Morgan fingerprint density at radius 1 is 0.720 bits per heavy atom. The predicted octanol–water partition coefficient (Wildman–Crippen LogP) is 9.90. The maximum Gasteiger partial charge on any atom is 0.223 e. The number of benzene rings is 2. The number of rotatable bonds is 17. The SMILES string of the molecule is CCCC(=O)N(C[C@H](C)COC)[C@@H](C)c1nc(-c2ccc(-c3ccc(-c4nc([C@H](C)N(C(=O)CCC)[C@@H](C)CC)[nH]c4Cl)cc3)cc2)c(Cl)[nH]1. The van der Waals surface area contributed by atoms with Crippen molar-refractivity contribution in [1.82, 2.24) is 29.7 Å². The molecule has 4 atom stereocenters. The molecule has 0 aliphatic carbocycles. The lowest BCUT2D eigenvalue weighted by molar-refractivity contribution is -0.136. The molecule has 2 amide bonds. The Kier molecular flexibility index (Phi) is 14.1. The van der Waals surface area contributed by atoms with Gasteiger partial charge >= 0.3 is 0 Å². The summed E-state index contributed by atoms with van der Waals surface area (Å²) in [4.78, 5) is 46.0. The second-order valence-corrected chi connectivity index (χ2v) is 14.0. The molecule has 0 spiro atoms. The Labute approximate surface area is 307 Å². The third-order valence-corrected chi connectivity index (χ3v) is 9.79. The van der Waals surface area contributed by atoms with E-state index in [0.29, 0.717) is 59.3 Å². The summed E-state index contributed by atoms with van der Waals surface area (Å²) in [5.74, 6) is 1.71.